The van der Waals surface area contributed by atoms with E-state index in [1.165, 1.54) is 10.0 Å². The fourth-order valence-corrected chi connectivity index (χ4v) is 1.27. The van der Waals surface area contributed by atoms with E-state index in [2.05, 4.69) is 30.3 Å². The molecule has 0 fully saturated rings. The molecule has 0 heterocycles. The summed E-state index contributed by atoms with van der Waals surface area (Å²) >= 11 is 1.59. The normalized spacial score (nSPS) is 9.12. The molecule has 1 rings (SSSR count). The molecule has 0 aliphatic carbocycles. The molecule has 0 aromatic heterocycles. The first-order chi connectivity index (χ1) is 3.93. The van der Waals surface area contributed by atoms with Crippen LogP contribution in [0.2, 0.25) is 0 Å². The van der Waals surface area contributed by atoms with Crippen molar-refractivity contribution in [1.82, 2.24) is 0 Å². The Morgan fingerprint density at radius 2 is 1.75 bits per heavy atom. The second-order valence-electron chi connectivity index (χ2n) is 1.66. The molecule has 39 valence electrons. The van der Waals surface area contributed by atoms with Crippen LogP contribution in [-0.2, 0) is 4.44 Å². The van der Waals surface area contributed by atoms with Crippen molar-refractivity contribution in [3.8, 4) is 0 Å². The Morgan fingerprint density at radius 3 is 2.12 bits per heavy atom. The second-order valence-corrected chi connectivity index (χ2v) is 2.67. The van der Waals surface area contributed by atoms with Gasteiger partial charge in [-0.3, -0.25) is 0 Å². The van der Waals surface area contributed by atoms with Crippen molar-refractivity contribution in [2.75, 3.05) is 0 Å². The Kier molecular flexibility index (Phi) is 2.40. The average Bonchev–Trinajstić information content (AvgIpc) is 1.90. The molecule has 1 aromatic carbocycles. The molecule has 0 aliphatic heterocycles. The third kappa shape index (κ3) is 1.51. The van der Waals surface area contributed by atoms with Gasteiger partial charge in [-0.2, -0.15) is 0 Å². The van der Waals surface area contributed by atoms with Crippen molar-refractivity contribution in [3.05, 3.63) is 35.9 Å². The fourth-order valence-electron chi connectivity index (χ4n) is 0.596. The van der Waals surface area contributed by atoms with E-state index < -0.39 is 0 Å². The number of hydrogen-bond donors (Lipinski definition) is 0. The minimum atomic E-state index is 1.23. The van der Waals surface area contributed by atoms with E-state index in [0.717, 1.165) is 0 Å². The number of benzene rings is 1. The van der Waals surface area contributed by atoms with Crippen LogP contribution in [0.3, 0.4) is 0 Å². The molecule has 0 amide bonds. The summed E-state index contributed by atoms with van der Waals surface area (Å²) in [5.74, 6) is 0. The molecule has 8 heavy (non-hydrogen) atoms. The summed E-state index contributed by atoms with van der Waals surface area (Å²) in [5, 5.41) is 0. The Bertz CT molecular complexity index is 146. The van der Waals surface area contributed by atoms with E-state index in [1.807, 2.05) is 0 Å². The van der Waals surface area contributed by atoms with Gasteiger partial charge in [0, 0.05) is 0 Å². The average molecular weight is 210 g/mol. The van der Waals surface area contributed by atoms with Crippen molar-refractivity contribution in [2.45, 2.75) is 4.44 Å². The van der Waals surface area contributed by atoms with Gasteiger partial charge >= 0.3 is 62.9 Å². The fraction of sp³-hybridized carbons (Fsp3) is 0.143. The summed E-state index contributed by atoms with van der Waals surface area (Å²) in [5.41, 5.74) is 1.45. The zero-order valence-electron chi connectivity index (χ0n) is 4.59. The van der Waals surface area contributed by atoms with Gasteiger partial charge in [-0.15, -0.1) is 0 Å². The van der Waals surface area contributed by atoms with Crippen molar-refractivity contribution in [1.29, 1.82) is 0 Å². The monoisotopic (exact) mass is 211 g/mol. The van der Waals surface area contributed by atoms with Gasteiger partial charge in [0.05, 0.1) is 0 Å². The summed E-state index contributed by atoms with van der Waals surface area (Å²) in [4.78, 5) is 0. The molecule has 0 saturated carbocycles. The Morgan fingerprint density at radius 1 is 1.12 bits per heavy atom. The number of hydrogen-bond acceptors (Lipinski definition) is 0. The SMILES string of the molecule is [Sn][CH2]c1ccccc1. The molecule has 0 bridgehead atoms. The van der Waals surface area contributed by atoms with Crippen molar-refractivity contribution in [2.24, 2.45) is 0 Å². The summed E-state index contributed by atoms with van der Waals surface area (Å²) in [6.45, 7) is 0. The van der Waals surface area contributed by atoms with Crippen molar-refractivity contribution in [3.63, 3.8) is 0 Å². The van der Waals surface area contributed by atoms with E-state index in [9.17, 15) is 0 Å². The Balaban J connectivity index is 2.83. The summed E-state index contributed by atoms with van der Waals surface area (Å²) in [6.07, 6.45) is 0. The van der Waals surface area contributed by atoms with E-state index in [-0.39, 0.29) is 0 Å². The van der Waals surface area contributed by atoms with E-state index in [0.29, 0.717) is 0 Å². The summed E-state index contributed by atoms with van der Waals surface area (Å²) < 4.78 is 1.23. The van der Waals surface area contributed by atoms with Gasteiger partial charge in [0.2, 0.25) is 0 Å². The Hall–Kier alpha value is 0.0187. The van der Waals surface area contributed by atoms with Crippen LogP contribution in [-0.4, -0.2) is 22.5 Å². The first-order valence-electron chi connectivity index (χ1n) is 2.62. The van der Waals surface area contributed by atoms with E-state index >= 15 is 0 Å². The zero-order valence-corrected chi connectivity index (χ0v) is 7.45. The van der Waals surface area contributed by atoms with Crippen LogP contribution < -0.4 is 0 Å². The van der Waals surface area contributed by atoms with Gasteiger partial charge in [0.1, 0.15) is 0 Å². The quantitative estimate of drug-likeness (QED) is 0.613. The van der Waals surface area contributed by atoms with Gasteiger partial charge in [0.15, 0.2) is 0 Å². The topological polar surface area (TPSA) is 0 Å². The van der Waals surface area contributed by atoms with Crippen LogP contribution in [0, 0.1) is 0 Å². The van der Waals surface area contributed by atoms with Crippen LogP contribution in [0.25, 0.3) is 0 Å². The molecule has 0 atom stereocenters. The molecule has 0 spiro atoms. The van der Waals surface area contributed by atoms with E-state index in [4.69, 9.17) is 0 Å². The molecular weight excluding hydrogens is 203 g/mol. The molecule has 0 unspecified atom stereocenters. The molecule has 0 nitrogen and oxygen atoms in total. The number of rotatable bonds is 1. The maximum absolute atomic E-state index is 2.16. The van der Waals surface area contributed by atoms with E-state index in [1.54, 1.807) is 22.5 Å². The minimum absolute atomic E-state index is 1.23. The predicted octanol–water partition coefficient (Wildman–Crippen LogP) is 1.36. The molecule has 0 aliphatic rings. The molecule has 1 aromatic rings. The molecule has 0 saturated heterocycles. The molecular formula is C7H7Sn. The second kappa shape index (κ2) is 3.13. The van der Waals surface area contributed by atoms with Crippen LogP contribution in [0.15, 0.2) is 30.3 Å². The van der Waals surface area contributed by atoms with Crippen LogP contribution in [0.1, 0.15) is 5.56 Å². The summed E-state index contributed by atoms with van der Waals surface area (Å²) in [6, 6.07) is 10.5. The summed E-state index contributed by atoms with van der Waals surface area (Å²) in [7, 11) is 0. The molecule has 0 N–H and O–H groups in total. The van der Waals surface area contributed by atoms with Crippen LogP contribution in [0.4, 0.5) is 0 Å². The van der Waals surface area contributed by atoms with Gasteiger partial charge in [-0.25, -0.2) is 0 Å². The third-order valence-corrected chi connectivity index (χ3v) is 2.21. The first kappa shape index (κ1) is 6.14. The van der Waals surface area contributed by atoms with Crippen molar-refractivity contribution >= 4 is 22.5 Å². The van der Waals surface area contributed by atoms with Gasteiger partial charge < -0.3 is 0 Å². The van der Waals surface area contributed by atoms with Gasteiger partial charge in [0.25, 0.3) is 0 Å². The van der Waals surface area contributed by atoms with Gasteiger partial charge in [-0.05, 0) is 0 Å². The standard InChI is InChI=1S/C7H7.Sn/c1-7-5-3-2-4-6-7;/h2-6H,1H2;. The maximum atomic E-state index is 2.16. The van der Waals surface area contributed by atoms with Gasteiger partial charge in [-0.1, -0.05) is 0 Å². The first-order valence-corrected chi connectivity index (χ1v) is 4.64. The zero-order chi connectivity index (χ0) is 5.82. The molecule has 1 heteroatoms. The van der Waals surface area contributed by atoms with Crippen LogP contribution in [0.5, 0.6) is 0 Å². The third-order valence-electron chi connectivity index (χ3n) is 1.05. The Labute approximate surface area is 63.0 Å². The van der Waals surface area contributed by atoms with Crippen molar-refractivity contribution < 1.29 is 0 Å². The predicted molar refractivity (Wildman–Crippen MR) is 35.9 cm³/mol. The van der Waals surface area contributed by atoms with Crippen LogP contribution >= 0.6 is 0 Å². The molecule has 3 radical (unpaired) electrons.